The van der Waals surface area contributed by atoms with Crippen LogP contribution < -0.4 is 10.4 Å². The van der Waals surface area contributed by atoms with Crippen molar-refractivity contribution in [1.29, 1.82) is 0 Å². The zero-order valence-electron chi connectivity index (χ0n) is 31.3. The maximum Gasteiger partial charge on any atom is 0.121 e. The standard InChI is InChI=1S/C56H36Si/c1-2-21-43(22-3-1)57-44-31-32-53-54(36-44)56(50-30-14-20-39-17-6-9-25-47(39)50)52-27-11-10-26-51(52)55(53)42-34-40(48-28-12-18-37-15-4-7-23-45(37)48)33-41(35-42)49-29-13-19-38-16-5-8-24-46(38)49/h1-36H. The molecule has 0 saturated heterocycles. The minimum atomic E-state index is 0.555. The van der Waals surface area contributed by atoms with E-state index in [1.54, 1.807) is 0 Å². The molecular formula is C56H36Si. The van der Waals surface area contributed by atoms with Gasteiger partial charge >= 0.3 is 0 Å². The molecule has 0 unspecified atom stereocenters. The van der Waals surface area contributed by atoms with Gasteiger partial charge in [0.2, 0.25) is 0 Å². The van der Waals surface area contributed by atoms with Crippen molar-refractivity contribution in [3.8, 4) is 44.5 Å². The highest BCUT2D eigenvalue weighted by Crippen LogP contribution is 2.47. The normalized spacial score (nSPS) is 11.6. The van der Waals surface area contributed by atoms with E-state index in [0.29, 0.717) is 9.52 Å². The fourth-order valence-electron chi connectivity index (χ4n) is 9.03. The van der Waals surface area contributed by atoms with Gasteiger partial charge in [-0.25, -0.2) is 0 Å². The Bertz CT molecular complexity index is 3210. The Balaban J connectivity index is 1.26. The molecule has 11 aromatic carbocycles. The molecule has 0 nitrogen and oxygen atoms in total. The average Bonchev–Trinajstić information content (AvgIpc) is 3.28. The molecule has 0 atom stereocenters. The molecule has 0 spiro atoms. The Morgan fingerprint density at radius 3 is 1.23 bits per heavy atom. The second-order valence-electron chi connectivity index (χ2n) is 14.9. The molecule has 0 saturated carbocycles. The Hall–Kier alpha value is -7.06. The van der Waals surface area contributed by atoms with Crippen LogP contribution in [0.25, 0.3) is 98.4 Å². The van der Waals surface area contributed by atoms with E-state index in [0.717, 1.165) is 0 Å². The summed E-state index contributed by atoms with van der Waals surface area (Å²) in [5.41, 5.74) is 9.94. The molecular weight excluding hydrogens is 701 g/mol. The summed E-state index contributed by atoms with van der Waals surface area (Å²) in [6.45, 7) is 0. The zero-order chi connectivity index (χ0) is 37.7. The Kier molecular flexibility index (Phi) is 8.12. The van der Waals surface area contributed by atoms with Crippen molar-refractivity contribution in [3.05, 3.63) is 218 Å². The third-order valence-corrected chi connectivity index (χ3v) is 12.8. The number of benzene rings is 11. The van der Waals surface area contributed by atoms with Gasteiger partial charge in [-0.15, -0.1) is 0 Å². The van der Waals surface area contributed by atoms with Crippen molar-refractivity contribution in [3.63, 3.8) is 0 Å². The van der Waals surface area contributed by atoms with Crippen molar-refractivity contribution in [2.24, 2.45) is 0 Å². The van der Waals surface area contributed by atoms with Gasteiger partial charge in [-0.3, -0.25) is 0 Å². The largest absolute Gasteiger partial charge is 0.121 e. The first-order valence-electron chi connectivity index (χ1n) is 19.7. The molecule has 2 radical (unpaired) electrons. The summed E-state index contributed by atoms with van der Waals surface area (Å²) in [7, 11) is 0.555. The molecule has 11 aromatic rings. The summed E-state index contributed by atoms with van der Waals surface area (Å²) in [5.74, 6) is 0. The topological polar surface area (TPSA) is 0 Å². The molecule has 11 rings (SSSR count). The Morgan fingerprint density at radius 1 is 0.228 bits per heavy atom. The third kappa shape index (κ3) is 5.83. The molecule has 264 valence electrons. The monoisotopic (exact) mass is 736 g/mol. The van der Waals surface area contributed by atoms with E-state index in [2.05, 4.69) is 218 Å². The van der Waals surface area contributed by atoms with E-state index in [4.69, 9.17) is 0 Å². The van der Waals surface area contributed by atoms with Crippen LogP contribution in [0.2, 0.25) is 0 Å². The van der Waals surface area contributed by atoms with Crippen LogP contribution in [0.4, 0.5) is 0 Å². The first-order valence-corrected chi connectivity index (χ1v) is 20.7. The van der Waals surface area contributed by atoms with Gasteiger partial charge in [-0.05, 0) is 117 Å². The van der Waals surface area contributed by atoms with Gasteiger partial charge < -0.3 is 0 Å². The van der Waals surface area contributed by atoms with E-state index < -0.39 is 0 Å². The molecule has 0 N–H and O–H groups in total. The summed E-state index contributed by atoms with van der Waals surface area (Å²) in [6.07, 6.45) is 0. The van der Waals surface area contributed by atoms with Crippen LogP contribution in [-0.2, 0) is 0 Å². The van der Waals surface area contributed by atoms with Crippen LogP contribution in [0, 0.1) is 0 Å². The highest BCUT2D eigenvalue weighted by molar-refractivity contribution is 6.67. The summed E-state index contributed by atoms with van der Waals surface area (Å²) in [6, 6.07) is 81.0. The van der Waals surface area contributed by atoms with Crippen LogP contribution in [0.1, 0.15) is 0 Å². The van der Waals surface area contributed by atoms with Gasteiger partial charge in [0.15, 0.2) is 0 Å². The molecule has 0 aliphatic heterocycles. The predicted molar refractivity (Wildman–Crippen MR) is 247 cm³/mol. The van der Waals surface area contributed by atoms with Gasteiger partial charge in [0.05, 0.1) is 0 Å². The molecule has 0 aliphatic rings. The number of fused-ring (bicyclic) bond motifs is 5. The number of hydrogen-bond acceptors (Lipinski definition) is 0. The summed E-state index contributed by atoms with van der Waals surface area (Å²) in [5, 5.41) is 15.3. The molecule has 0 bridgehead atoms. The van der Waals surface area contributed by atoms with Crippen LogP contribution in [0.15, 0.2) is 218 Å². The van der Waals surface area contributed by atoms with Crippen molar-refractivity contribution in [1.82, 2.24) is 0 Å². The lowest BCUT2D eigenvalue weighted by Crippen LogP contribution is -2.26. The number of rotatable bonds is 6. The molecule has 0 amide bonds. The van der Waals surface area contributed by atoms with Gasteiger partial charge in [-0.2, -0.15) is 0 Å². The lowest BCUT2D eigenvalue weighted by molar-refractivity contribution is 1.61. The maximum absolute atomic E-state index is 2.48. The second-order valence-corrected chi connectivity index (χ2v) is 16.3. The quantitative estimate of drug-likeness (QED) is 0.118. The van der Waals surface area contributed by atoms with Crippen LogP contribution in [-0.4, -0.2) is 9.52 Å². The summed E-state index contributed by atoms with van der Waals surface area (Å²) < 4.78 is 0. The van der Waals surface area contributed by atoms with Gasteiger partial charge in [0.1, 0.15) is 9.52 Å². The molecule has 0 aliphatic carbocycles. The lowest BCUT2D eigenvalue weighted by atomic mass is 9.83. The first kappa shape index (κ1) is 33.3. The SMILES string of the molecule is c1ccc([Si]c2ccc3c(-c4cc(-c5cccc6ccccc56)cc(-c5cccc6ccccc56)c4)c4ccccc4c(-c4cccc5ccccc45)c3c2)cc1. The number of hydrogen-bond donors (Lipinski definition) is 0. The summed E-state index contributed by atoms with van der Waals surface area (Å²) >= 11 is 0. The van der Waals surface area contributed by atoms with Crippen LogP contribution in [0.5, 0.6) is 0 Å². The highest BCUT2D eigenvalue weighted by atomic mass is 28.2. The van der Waals surface area contributed by atoms with E-state index in [1.807, 2.05) is 0 Å². The molecule has 0 heterocycles. The maximum atomic E-state index is 2.48. The Morgan fingerprint density at radius 2 is 0.649 bits per heavy atom. The van der Waals surface area contributed by atoms with E-state index >= 15 is 0 Å². The molecule has 0 fully saturated rings. The average molecular weight is 737 g/mol. The fourth-order valence-corrected chi connectivity index (χ4v) is 10.1. The predicted octanol–water partition coefficient (Wildman–Crippen LogP) is 13.8. The van der Waals surface area contributed by atoms with Crippen molar-refractivity contribution in [2.75, 3.05) is 0 Å². The second kappa shape index (κ2) is 13.9. The van der Waals surface area contributed by atoms with Crippen LogP contribution in [0.3, 0.4) is 0 Å². The van der Waals surface area contributed by atoms with Crippen molar-refractivity contribution < 1.29 is 0 Å². The van der Waals surface area contributed by atoms with Crippen LogP contribution >= 0.6 is 0 Å². The molecule has 0 aromatic heterocycles. The zero-order valence-corrected chi connectivity index (χ0v) is 32.3. The van der Waals surface area contributed by atoms with E-state index in [-0.39, 0.29) is 0 Å². The highest BCUT2D eigenvalue weighted by Gasteiger charge is 2.20. The molecule has 1 heteroatoms. The summed E-state index contributed by atoms with van der Waals surface area (Å²) in [4.78, 5) is 0. The van der Waals surface area contributed by atoms with Gasteiger partial charge in [-0.1, -0.05) is 211 Å². The van der Waals surface area contributed by atoms with E-state index in [9.17, 15) is 0 Å². The minimum absolute atomic E-state index is 0.555. The fraction of sp³-hybridized carbons (Fsp3) is 0. The lowest BCUT2D eigenvalue weighted by Gasteiger charge is -2.21. The van der Waals surface area contributed by atoms with Crippen molar-refractivity contribution in [2.45, 2.75) is 0 Å². The Labute approximate surface area is 335 Å². The van der Waals surface area contributed by atoms with Gasteiger partial charge in [0.25, 0.3) is 0 Å². The smallest absolute Gasteiger partial charge is 0.0631 e. The molecule has 57 heavy (non-hydrogen) atoms. The van der Waals surface area contributed by atoms with E-state index in [1.165, 1.54) is 109 Å². The van der Waals surface area contributed by atoms with Crippen molar-refractivity contribution >= 4 is 73.8 Å². The van der Waals surface area contributed by atoms with Gasteiger partial charge in [0, 0.05) is 0 Å². The minimum Gasteiger partial charge on any atom is -0.0631 e. The third-order valence-electron chi connectivity index (χ3n) is 11.6. The first-order chi connectivity index (χ1) is 28.3.